The van der Waals surface area contributed by atoms with Crippen molar-refractivity contribution in [3.8, 4) is 55.9 Å². The van der Waals surface area contributed by atoms with E-state index in [1.54, 1.807) is 0 Å². The van der Waals surface area contributed by atoms with Gasteiger partial charge in [0.2, 0.25) is 0 Å². The maximum Gasteiger partial charge on any atom is 0.0790 e. The molecule has 0 aliphatic carbocycles. The maximum atomic E-state index is 2.39. The summed E-state index contributed by atoms with van der Waals surface area (Å²) >= 11 is 0. The first-order valence-electron chi connectivity index (χ1n) is 14.4. The summed E-state index contributed by atoms with van der Waals surface area (Å²) in [7, 11) is 0. The highest BCUT2D eigenvalue weighted by atomic mass is 15.0. The quantitative estimate of drug-likeness (QED) is 0.207. The first-order valence-corrected chi connectivity index (χ1v) is 14.4. The van der Waals surface area contributed by atoms with E-state index in [0.29, 0.717) is 0 Å². The van der Waals surface area contributed by atoms with Gasteiger partial charge in [0.15, 0.2) is 0 Å². The number of hydrogen-bond acceptors (Lipinski definition) is 0. The van der Waals surface area contributed by atoms with Gasteiger partial charge in [-0.05, 0) is 46.5 Å². The fraction of sp³-hybridized carbons (Fsp3) is 0. The Morgan fingerprint density at radius 2 is 0.548 bits per heavy atom. The van der Waals surface area contributed by atoms with Crippen LogP contribution in [0.1, 0.15) is 0 Å². The van der Waals surface area contributed by atoms with Crippen LogP contribution in [-0.2, 0) is 0 Å². The molecule has 0 unspecified atom stereocenters. The number of benzene rings is 4. The Balaban J connectivity index is 1.62. The molecule has 0 saturated carbocycles. The van der Waals surface area contributed by atoms with E-state index in [-0.39, 0.29) is 0 Å². The van der Waals surface area contributed by atoms with E-state index in [0.717, 1.165) is 0 Å². The van der Waals surface area contributed by atoms with Crippen molar-refractivity contribution in [2.24, 2.45) is 0 Å². The highest BCUT2D eigenvalue weighted by Crippen LogP contribution is 2.51. The van der Waals surface area contributed by atoms with Crippen molar-refractivity contribution >= 4 is 11.0 Å². The summed E-state index contributed by atoms with van der Waals surface area (Å²) in [5.41, 5.74) is 14.5. The Kier molecular flexibility index (Phi) is 5.82. The van der Waals surface area contributed by atoms with Crippen LogP contribution >= 0.6 is 0 Å². The highest BCUT2D eigenvalue weighted by molar-refractivity contribution is 6.09. The van der Waals surface area contributed by atoms with Crippen LogP contribution < -0.4 is 0 Å². The smallest absolute Gasteiger partial charge is 0.0790 e. The molecular weight excluding hydrogens is 508 g/mol. The Bertz CT molecular complexity index is 2000. The Morgan fingerprint density at radius 1 is 0.262 bits per heavy atom. The van der Waals surface area contributed by atoms with Crippen LogP contribution in [0.4, 0.5) is 0 Å². The standard InChI is InChI=1S/C40H28N2/c1-5-17-29(18-6-1)35-33-25-13-15-27-41(33)39(37(35)31-21-9-3-10-22-31)40-38(32-23-11-4-12-24-32)36(30-19-7-2-8-20-30)34-26-14-16-28-42(34)40/h1-28H. The molecule has 42 heavy (non-hydrogen) atoms. The third-order valence-corrected chi connectivity index (χ3v) is 8.16. The van der Waals surface area contributed by atoms with Crippen LogP contribution in [0.5, 0.6) is 0 Å². The minimum atomic E-state index is 1.18. The Hall–Kier alpha value is -5.60. The van der Waals surface area contributed by atoms with Gasteiger partial charge in [0.1, 0.15) is 0 Å². The van der Waals surface area contributed by atoms with Crippen LogP contribution in [-0.4, -0.2) is 8.80 Å². The van der Waals surface area contributed by atoms with Crippen molar-refractivity contribution in [1.82, 2.24) is 8.80 Å². The summed E-state index contributed by atoms with van der Waals surface area (Å²) < 4.78 is 4.78. The molecule has 2 nitrogen and oxygen atoms in total. The number of nitrogens with zero attached hydrogens (tertiary/aromatic N) is 2. The van der Waals surface area contributed by atoms with E-state index < -0.39 is 0 Å². The average molecular weight is 537 g/mol. The fourth-order valence-electron chi connectivity index (χ4n) is 6.45. The second kappa shape index (κ2) is 10.1. The van der Waals surface area contributed by atoms with Gasteiger partial charge in [0, 0.05) is 34.6 Å². The van der Waals surface area contributed by atoms with Crippen molar-refractivity contribution in [2.45, 2.75) is 0 Å². The molecule has 0 spiro atoms. The van der Waals surface area contributed by atoms with E-state index in [1.165, 1.54) is 66.9 Å². The van der Waals surface area contributed by atoms with Gasteiger partial charge in [-0.2, -0.15) is 0 Å². The van der Waals surface area contributed by atoms with Gasteiger partial charge in [0.25, 0.3) is 0 Å². The third kappa shape index (κ3) is 3.81. The van der Waals surface area contributed by atoms with Gasteiger partial charge < -0.3 is 8.80 Å². The second-order valence-corrected chi connectivity index (χ2v) is 10.6. The molecule has 0 N–H and O–H groups in total. The highest BCUT2D eigenvalue weighted by Gasteiger charge is 2.29. The van der Waals surface area contributed by atoms with Crippen LogP contribution in [0.15, 0.2) is 170 Å². The van der Waals surface area contributed by atoms with Gasteiger partial charge >= 0.3 is 0 Å². The third-order valence-electron chi connectivity index (χ3n) is 8.16. The van der Waals surface area contributed by atoms with Crippen molar-refractivity contribution in [2.75, 3.05) is 0 Å². The second-order valence-electron chi connectivity index (χ2n) is 10.6. The summed E-state index contributed by atoms with van der Waals surface area (Å²) in [6.45, 7) is 0. The summed E-state index contributed by atoms with van der Waals surface area (Å²) in [5.74, 6) is 0. The number of fused-ring (bicyclic) bond motifs is 2. The molecule has 8 aromatic rings. The lowest BCUT2D eigenvalue weighted by Crippen LogP contribution is -1.95. The summed E-state index contributed by atoms with van der Waals surface area (Å²) in [6, 6.07) is 56.3. The van der Waals surface area contributed by atoms with Gasteiger partial charge in [-0.3, -0.25) is 0 Å². The molecule has 4 heterocycles. The van der Waals surface area contributed by atoms with Gasteiger partial charge in [-0.1, -0.05) is 133 Å². The normalized spacial score (nSPS) is 11.3. The van der Waals surface area contributed by atoms with Crippen LogP contribution in [0.3, 0.4) is 0 Å². The lowest BCUT2D eigenvalue weighted by atomic mass is 9.91. The zero-order chi connectivity index (χ0) is 27.9. The fourth-order valence-corrected chi connectivity index (χ4v) is 6.45. The Labute approximate surface area is 245 Å². The minimum Gasteiger partial charge on any atom is -0.314 e. The zero-order valence-corrected chi connectivity index (χ0v) is 23.1. The molecule has 0 atom stereocenters. The Morgan fingerprint density at radius 3 is 0.881 bits per heavy atom. The molecule has 8 rings (SSSR count). The van der Waals surface area contributed by atoms with Crippen LogP contribution in [0.2, 0.25) is 0 Å². The largest absolute Gasteiger partial charge is 0.314 e. The molecule has 0 radical (unpaired) electrons. The molecule has 0 fully saturated rings. The molecule has 198 valence electrons. The topological polar surface area (TPSA) is 8.82 Å². The molecule has 0 bridgehead atoms. The first kappa shape index (κ1) is 24.2. The van der Waals surface area contributed by atoms with E-state index in [4.69, 9.17) is 0 Å². The predicted molar refractivity (Wildman–Crippen MR) is 176 cm³/mol. The minimum absolute atomic E-state index is 1.18. The summed E-state index contributed by atoms with van der Waals surface area (Å²) in [6.07, 6.45) is 4.42. The number of rotatable bonds is 5. The number of hydrogen-bond donors (Lipinski definition) is 0. The summed E-state index contributed by atoms with van der Waals surface area (Å²) in [5, 5.41) is 0. The first-order chi connectivity index (χ1) is 20.9. The van der Waals surface area contributed by atoms with Gasteiger partial charge in [-0.15, -0.1) is 0 Å². The van der Waals surface area contributed by atoms with E-state index in [2.05, 4.69) is 179 Å². The molecule has 0 amide bonds. The molecule has 4 aromatic carbocycles. The van der Waals surface area contributed by atoms with Gasteiger partial charge in [0.05, 0.1) is 22.4 Å². The van der Waals surface area contributed by atoms with Crippen molar-refractivity contribution in [1.29, 1.82) is 0 Å². The summed E-state index contributed by atoms with van der Waals surface area (Å²) in [4.78, 5) is 0. The van der Waals surface area contributed by atoms with Crippen molar-refractivity contribution in [3.63, 3.8) is 0 Å². The molecule has 4 aromatic heterocycles. The monoisotopic (exact) mass is 536 g/mol. The molecule has 0 aliphatic heterocycles. The van der Waals surface area contributed by atoms with E-state index in [9.17, 15) is 0 Å². The zero-order valence-electron chi connectivity index (χ0n) is 23.1. The predicted octanol–water partition coefficient (Wildman–Crippen LogP) is 10.5. The van der Waals surface area contributed by atoms with Crippen LogP contribution in [0.25, 0.3) is 66.9 Å². The van der Waals surface area contributed by atoms with E-state index >= 15 is 0 Å². The SMILES string of the molecule is c1ccc(-c2c(-c3ccccc3)c3ccccn3c2-c2c(-c3ccccc3)c(-c3ccccc3)c3ccccn23)cc1. The van der Waals surface area contributed by atoms with Crippen molar-refractivity contribution in [3.05, 3.63) is 170 Å². The average Bonchev–Trinajstić information content (AvgIpc) is 3.59. The molecular formula is C40H28N2. The number of pyridine rings is 2. The van der Waals surface area contributed by atoms with Crippen LogP contribution in [0, 0.1) is 0 Å². The lowest BCUT2D eigenvalue weighted by molar-refractivity contribution is 1.14. The van der Waals surface area contributed by atoms with E-state index in [1.807, 2.05) is 0 Å². The molecule has 0 aliphatic rings. The molecule has 2 heteroatoms. The van der Waals surface area contributed by atoms with Gasteiger partial charge in [-0.25, -0.2) is 0 Å². The van der Waals surface area contributed by atoms with Crippen molar-refractivity contribution < 1.29 is 0 Å². The lowest BCUT2D eigenvalue weighted by Gasteiger charge is -2.13. The molecule has 0 saturated heterocycles. The number of aromatic nitrogens is 2. The maximum absolute atomic E-state index is 2.39.